The van der Waals surface area contributed by atoms with Crippen molar-refractivity contribution in [2.24, 2.45) is 0 Å². The minimum Gasteiger partial charge on any atom is -0.293 e. The van der Waals surface area contributed by atoms with Crippen molar-refractivity contribution >= 4 is 33.3 Å². The van der Waals surface area contributed by atoms with Gasteiger partial charge in [-0.05, 0) is 24.6 Å². The van der Waals surface area contributed by atoms with Gasteiger partial charge in [0.05, 0.1) is 10.4 Å². The number of rotatable bonds is 4. The van der Waals surface area contributed by atoms with Crippen LogP contribution in [0.15, 0.2) is 18.2 Å². The zero-order chi connectivity index (χ0) is 11.4. The highest BCUT2D eigenvalue weighted by Gasteiger charge is 2.20. The van der Waals surface area contributed by atoms with Crippen molar-refractivity contribution in [3.05, 3.63) is 35.4 Å². The summed E-state index contributed by atoms with van der Waals surface area (Å²) in [5.41, 5.74) is -0.248. The van der Waals surface area contributed by atoms with E-state index >= 15 is 0 Å². The third-order valence-electron chi connectivity index (χ3n) is 1.84. The van der Waals surface area contributed by atoms with Crippen LogP contribution in [0.1, 0.15) is 16.8 Å². The summed E-state index contributed by atoms with van der Waals surface area (Å²) in [7, 11) is 0. The van der Waals surface area contributed by atoms with E-state index in [-0.39, 0.29) is 11.4 Å². The monoisotopic (exact) mass is 296 g/mol. The van der Waals surface area contributed by atoms with Crippen molar-refractivity contribution in [2.75, 3.05) is 5.88 Å². The lowest BCUT2D eigenvalue weighted by molar-refractivity contribution is 0.0986. The first kappa shape index (κ1) is 12.6. The van der Waals surface area contributed by atoms with E-state index in [1.165, 1.54) is 0 Å². The molecule has 0 aliphatic carbocycles. The lowest BCUT2D eigenvalue weighted by atomic mass is 10.1. The Morgan fingerprint density at radius 2 is 2.13 bits per heavy atom. The van der Waals surface area contributed by atoms with E-state index in [1.807, 2.05) is 0 Å². The Labute approximate surface area is 99.6 Å². The molecular weight excluding hydrogens is 289 g/mol. The van der Waals surface area contributed by atoms with Gasteiger partial charge >= 0.3 is 0 Å². The number of carbonyl (C=O) groups is 1. The van der Waals surface area contributed by atoms with E-state index in [2.05, 4.69) is 15.9 Å². The van der Waals surface area contributed by atoms with Crippen LogP contribution in [0.4, 0.5) is 8.78 Å². The molecule has 0 aromatic heterocycles. The Hall–Kier alpha value is -0.480. The summed E-state index contributed by atoms with van der Waals surface area (Å²) < 4.78 is 26.0. The van der Waals surface area contributed by atoms with Crippen LogP contribution in [-0.2, 0) is 0 Å². The number of alkyl halides is 2. The molecule has 0 saturated carbocycles. The van der Waals surface area contributed by atoms with Crippen LogP contribution >= 0.6 is 27.5 Å². The van der Waals surface area contributed by atoms with E-state index < -0.39 is 22.2 Å². The fourth-order valence-electron chi connectivity index (χ4n) is 1.08. The van der Waals surface area contributed by atoms with Crippen LogP contribution in [0.25, 0.3) is 0 Å². The molecule has 1 aromatic rings. The van der Waals surface area contributed by atoms with Crippen molar-refractivity contribution in [1.29, 1.82) is 0 Å². The average molecular weight is 298 g/mol. The van der Waals surface area contributed by atoms with Gasteiger partial charge in [-0.2, -0.15) is 0 Å². The number of Topliss-reactive ketones (excluding diaryl/α,β-unsaturated/α-hetero) is 1. The molecule has 5 heteroatoms. The Balaban J connectivity index is 2.95. The second-order valence-electron chi connectivity index (χ2n) is 2.93. The van der Waals surface area contributed by atoms with Crippen molar-refractivity contribution in [3.8, 4) is 0 Å². The van der Waals surface area contributed by atoms with Crippen LogP contribution in [0.2, 0.25) is 0 Å². The molecule has 0 aliphatic rings. The van der Waals surface area contributed by atoms with Crippen molar-refractivity contribution in [2.45, 2.75) is 11.2 Å². The fourth-order valence-corrected chi connectivity index (χ4v) is 2.04. The van der Waals surface area contributed by atoms with Crippen LogP contribution < -0.4 is 0 Å². The molecule has 1 rings (SSSR count). The number of ketones is 1. The van der Waals surface area contributed by atoms with Crippen LogP contribution in [0.3, 0.4) is 0 Å². The Kier molecular flexibility index (Phi) is 4.67. The maximum absolute atomic E-state index is 13.2. The van der Waals surface area contributed by atoms with E-state index in [4.69, 9.17) is 11.6 Å². The molecule has 1 aromatic carbocycles. The molecule has 0 aliphatic heterocycles. The standard InChI is InChI=1S/C10H8BrClF2O/c11-8(3-4-12)10(15)7-5-6(13)1-2-9(7)14/h1-2,5,8H,3-4H2/t8-/m0/s1. The van der Waals surface area contributed by atoms with Crippen molar-refractivity contribution in [1.82, 2.24) is 0 Å². The first-order chi connectivity index (χ1) is 7.06. The number of benzene rings is 1. The molecule has 0 spiro atoms. The maximum atomic E-state index is 13.2. The van der Waals surface area contributed by atoms with Gasteiger partial charge in [-0.15, -0.1) is 11.6 Å². The minimum atomic E-state index is -0.722. The molecule has 0 amide bonds. The topological polar surface area (TPSA) is 17.1 Å². The van der Waals surface area contributed by atoms with Gasteiger partial charge in [-0.25, -0.2) is 8.78 Å². The van der Waals surface area contributed by atoms with Gasteiger partial charge in [0, 0.05) is 5.88 Å². The first-order valence-corrected chi connectivity index (χ1v) is 5.70. The highest BCUT2D eigenvalue weighted by molar-refractivity contribution is 9.10. The van der Waals surface area contributed by atoms with Crippen molar-refractivity contribution in [3.63, 3.8) is 0 Å². The normalized spacial score (nSPS) is 12.5. The molecule has 0 bridgehead atoms. The zero-order valence-corrected chi connectivity index (χ0v) is 9.99. The highest BCUT2D eigenvalue weighted by atomic mass is 79.9. The molecule has 0 saturated heterocycles. The predicted molar refractivity (Wildman–Crippen MR) is 58.7 cm³/mol. The summed E-state index contributed by atoms with van der Waals surface area (Å²) in [6.45, 7) is 0. The molecule has 15 heavy (non-hydrogen) atoms. The van der Waals surface area contributed by atoms with Gasteiger partial charge in [0.25, 0.3) is 0 Å². The third-order valence-corrected chi connectivity index (χ3v) is 2.93. The van der Waals surface area contributed by atoms with Gasteiger partial charge in [-0.1, -0.05) is 15.9 Å². The molecule has 0 N–H and O–H groups in total. The maximum Gasteiger partial charge on any atom is 0.179 e. The molecular formula is C10H8BrClF2O. The molecule has 0 radical (unpaired) electrons. The second kappa shape index (κ2) is 5.56. The quantitative estimate of drug-likeness (QED) is 0.614. The highest BCUT2D eigenvalue weighted by Crippen LogP contribution is 2.17. The van der Waals surface area contributed by atoms with Gasteiger partial charge in [-0.3, -0.25) is 4.79 Å². The van der Waals surface area contributed by atoms with Gasteiger partial charge in [0.1, 0.15) is 11.6 Å². The van der Waals surface area contributed by atoms with Gasteiger partial charge < -0.3 is 0 Å². The van der Waals surface area contributed by atoms with Crippen molar-refractivity contribution < 1.29 is 13.6 Å². The van der Waals surface area contributed by atoms with Crippen LogP contribution in [0, 0.1) is 11.6 Å². The molecule has 82 valence electrons. The summed E-state index contributed by atoms with van der Waals surface area (Å²) in [5.74, 6) is -1.57. The summed E-state index contributed by atoms with van der Waals surface area (Å²) in [5, 5.41) is 0. The summed E-state index contributed by atoms with van der Waals surface area (Å²) in [4.78, 5) is 11.0. The van der Waals surface area contributed by atoms with Gasteiger partial charge in [0.2, 0.25) is 0 Å². The van der Waals surface area contributed by atoms with E-state index in [0.717, 1.165) is 18.2 Å². The third kappa shape index (κ3) is 3.24. The van der Waals surface area contributed by atoms with E-state index in [0.29, 0.717) is 6.42 Å². The SMILES string of the molecule is O=C(c1cc(F)ccc1F)[C@@H](Br)CCCl. The van der Waals surface area contributed by atoms with Gasteiger partial charge in [0.15, 0.2) is 5.78 Å². The summed E-state index contributed by atoms with van der Waals surface area (Å²) in [6.07, 6.45) is 0.371. The molecule has 1 atom stereocenters. The molecule has 0 unspecified atom stereocenters. The lowest BCUT2D eigenvalue weighted by Gasteiger charge is -2.07. The average Bonchev–Trinajstić information content (AvgIpc) is 2.21. The van der Waals surface area contributed by atoms with Crippen LogP contribution in [-0.4, -0.2) is 16.5 Å². The largest absolute Gasteiger partial charge is 0.293 e. The smallest absolute Gasteiger partial charge is 0.179 e. The predicted octanol–water partition coefficient (Wildman–Crippen LogP) is 3.54. The first-order valence-electron chi connectivity index (χ1n) is 4.25. The number of halogens is 4. The molecule has 1 nitrogen and oxygen atoms in total. The number of carbonyl (C=O) groups excluding carboxylic acids is 1. The summed E-state index contributed by atoms with van der Waals surface area (Å²) in [6, 6.07) is 2.79. The number of hydrogen-bond acceptors (Lipinski definition) is 1. The number of hydrogen-bond donors (Lipinski definition) is 0. The van der Waals surface area contributed by atoms with Crippen LogP contribution in [0.5, 0.6) is 0 Å². The van der Waals surface area contributed by atoms with E-state index in [9.17, 15) is 13.6 Å². The Morgan fingerprint density at radius 1 is 1.47 bits per heavy atom. The fraction of sp³-hybridized carbons (Fsp3) is 0.300. The molecule has 0 fully saturated rings. The Bertz CT molecular complexity index is 370. The lowest BCUT2D eigenvalue weighted by Crippen LogP contribution is -2.16. The zero-order valence-electron chi connectivity index (χ0n) is 7.64. The molecule has 0 heterocycles. The second-order valence-corrected chi connectivity index (χ2v) is 4.42. The minimum absolute atomic E-state index is 0.248. The van der Waals surface area contributed by atoms with E-state index in [1.54, 1.807) is 0 Å². The summed E-state index contributed by atoms with van der Waals surface area (Å²) >= 11 is 8.52. The Morgan fingerprint density at radius 3 is 2.73 bits per heavy atom.